The van der Waals surface area contributed by atoms with Crippen LogP contribution in [-0.4, -0.2) is 31.5 Å². The van der Waals surface area contributed by atoms with Crippen molar-refractivity contribution in [2.75, 3.05) is 6.61 Å². The van der Waals surface area contributed by atoms with Gasteiger partial charge in [-0.25, -0.2) is 19.9 Å². The Morgan fingerprint density at radius 1 is 1.11 bits per heavy atom. The van der Waals surface area contributed by atoms with Crippen molar-refractivity contribution in [3.8, 4) is 16.9 Å². The van der Waals surface area contributed by atoms with E-state index in [1.807, 2.05) is 6.20 Å². The monoisotopic (exact) mass is 509 g/mol. The molecule has 1 N–H and O–H groups in total. The second-order valence-electron chi connectivity index (χ2n) is 12.6. The maximum atomic E-state index is 6.32. The van der Waals surface area contributed by atoms with E-state index in [0.717, 1.165) is 67.0 Å². The molecule has 2 unspecified atom stereocenters. The van der Waals surface area contributed by atoms with Crippen LogP contribution in [0.15, 0.2) is 36.8 Å². The Hall–Kier alpha value is -3.28. The Labute approximate surface area is 225 Å². The summed E-state index contributed by atoms with van der Waals surface area (Å²) in [7, 11) is 0. The van der Waals surface area contributed by atoms with Crippen molar-refractivity contribution in [2.24, 2.45) is 17.3 Å². The Bertz CT molecular complexity index is 1470. The number of benzene rings is 1. The van der Waals surface area contributed by atoms with E-state index in [1.165, 1.54) is 34.5 Å². The summed E-state index contributed by atoms with van der Waals surface area (Å²) in [4.78, 5) is 22.2. The second-order valence-corrected chi connectivity index (χ2v) is 12.6. The minimum Gasteiger partial charge on any atom is -0.493 e. The molecule has 38 heavy (non-hydrogen) atoms. The zero-order valence-electron chi connectivity index (χ0n) is 23.3. The molecule has 198 valence electrons. The van der Waals surface area contributed by atoms with Crippen molar-refractivity contribution in [2.45, 2.75) is 79.1 Å². The first-order valence-electron chi connectivity index (χ1n) is 14.2. The maximum Gasteiger partial charge on any atom is 0.177 e. The van der Waals surface area contributed by atoms with Gasteiger partial charge in [-0.2, -0.15) is 0 Å². The zero-order chi connectivity index (χ0) is 26.4. The van der Waals surface area contributed by atoms with Gasteiger partial charge in [0.05, 0.1) is 12.1 Å². The molecule has 1 aliphatic heterocycles. The number of aryl methyl sites for hydroxylation is 1. The zero-order valence-corrected chi connectivity index (χ0v) is 23.3. The normalized spacial score (nSPS) is 20.9. The van der Waals surface area contributed by atoms with Crippen molar-refractivity contribution in [3.05, 3.63) is 65.1 Å². The molecule has 2 aliphatic rings. The number of hydrogen-bond acceptors (Lipinski definition) is 5. The molecule has 0 fully saturated rings. The predicted octanol–water partition coefficient (Wildman–Crippen LogP) is 6.87. The highest BCUT2D eigenvalue weighted by molar-refractivity contribution is 5.78. The molecule has 6 nitrogen and oxygen atoms in total. The number of aromatic nitrogens is 5. The summed E-state index contributed by atoms with van der Waals surface area (Å²) in [5.74, 6) is 3.38. The smallest absolute Gasteiger partial charge is 0.177 e. The lowest BCUT2D eigenvalue weighted by Gasteiger charge is -2.33. The molecule has 4 aromatic rings. The summed E-state index contributed by atoms with van der Waals surface area (Å²) in [6, 6.07) is 8.75. The average molecular weight is 510 g/mol. The van der Waals surface area contributed by atoms with Crippen LogP contribution in [-0.2, 0) is 25.7 Å². The molecule has 0 bridgehead atoms. The number of aromatic amines is 1. The van der Waals surface area contributed by atoms with Crippen LogP contribution in [0.25, 0.3) is 22.3 Å². The molecule has 4 heterocycles. The van der Waals surface area contributed by atoms with Crippen molar-refractivity contribution < 1.29 is 4.74 Å². The van der Waals surface area contributed by atoms with Gasteiger partial charge in [0, 0.05) is 29.1 Å². The van der Waals surface area contributed by atoms with Gasteiger partial charge in [-0.15, -0.1) is 0 Å². The van der Waals surface area contributed by atoms with Gasteiger partial charge in [-0.05, 0) is 90.7 Å². The number of hydrogen-bond donors (Lipinski definition) is 1. The molecule has 0 saturated carbocycles. The van der Waals surface area contributed by atoms with Gasteiger partial charge in [0.25, 0.3) is 0 Å². The minimum absolute atomic E-state index is 0.321. The minimum atomic E-state index is 0.321. The molecule has 6 heteroatoms. The van der Waals surface area contributed by atoms with Gasteiger partial charge in [0.2, 0.25) is 0 Å². The molecule has 6 rings (SSSR count). The number of nitrogens with one attached hydrogen (secondary N) is 1. The lowest BCUT2D eigenvalue weighted by atomic mass is 9.74. The Morgan fingerprint density at radius 2 is 1.97 bits per heavy atom. The van der Waals surface area contributed by atoms with Gasteiger partial charge in [0.1, 0.15) is 17.9 Å². The summed E-state index contributed by atoms with van der Waals surface area (Å²) < 4.78 is 6.32. The highest BCUT2D eigenvalue weighted by Gasteiger charge is 2.30. The van der Waals surface area contributed by atoms with E-state index in [0.29, 0.717) is 23.2 Å². The molecular formula is C32H39N5O. The van der Waals surface area contributed by atoms with Crippen molar-refractivity contribution in [1.29, 1.82) is 0 Å². The van der Waals surface area contributed by atoms with E-state index in [1.54, 1.807) is 6.33 Å². The second kappa shape index (κ2) is 9.79. The van der Waals surface area contributed by atoms with Gasteiger partial charge in [-0.1, -0.05) is 40.7 Å². The standard InChI is InChI=1S/C32H39N5O/c1-19(2)30-36-28-15-24(17-33-31(28)37-30)22-6-7-29-23(13-22)12-20(3)21(9-11-38-29)14-27-25-16-32(4,5)10-8-26(25)34-18-35-27/h6-7,13,15,17-21H,8-12,14,16H2,1-5H3,(H,33,36,37). The number of nitrogens with zero attached hydrogens (tertiary/aromatic N) is 4. The van der Waals surface area contributed by atoms with Crippen LogP contribution in [0.4, 0.5) is 0 Å². The fraction of sp³-hybridized carbons (Fsp3) is 0.500. The quantitative estimate of drug-likeness (QED) is 0.325. The molecule has 0 amide bonds. The Balaban J connectivity index is 1.25. The molecule has 0 spiro atoms. The van der Waals surface area contributed by atoms with Gasteiger partial charge < -0.3 is 9.72 Å². The van der Waals surface area contributed by atoms with E-state index in [-0.39, 0.29) is 0 Å². The number of fused-ring (bicyclic) bond motifs is 3. The molecule has 0 saturated heterocycles. The number of ether oxygens (including phenoxy) is 1. The van der Waals surface area contributed by atoms with Crippen LogP contribution in [0, 0.1) is 17.3 Å². The molecule has 1 aliphatic carbocycles. The predicted molar refractivity (Wildman–Crippen MR) is 151 cm³/mol. The maximum absolute atomic E-state index is 6.32. The Morgan fingerprint density at radius 3 is 2.82 bits per heavy atom. The first-order chi connectivity index (χ1) is 18.3. The summed E-state index contributed by atoms with van der Waals surface area (Å²) >= 11 is 0. The molecule has 1 aromatic carbocycles. The van der Waals surface area contributed by atoms with Crippen LogP contribution in [0.1, 0.15) is 81.7 Å². The topological polar surface area (TPSA) is 76.6 Å². The third-order valence-corrected chi connectivity index (χ3v) is 8.66. The van der Waals surface area contributed by atoms with Crippen molar-refractivity contribution in [3.63, 3.8) is 0 Å². The van der Waals surface area contributed by atoms with E-state index < -0.39 is 0 Å². The number of rotatable bonds is 4. The van der Waals surface area contributed by atoms with Crippen LogP contribution in [0.5, 0.6) is 5.75 Å². The summed E-state index contributed by atoms with van der Waals surface area (Å²) in [6.07, 6.45) is 10.1. The van der Waals surface area contributed by atoms with E-state index in [9.17, 15) is 0 Å². The fourth-order valence-electron chi connectivity index (χ4n) is 6.19. The van der Waals surface area contributed by atoms with Crippen molar-refractivity contribution in [1.82, 2.24) is 24.9 Å². The highest BCUT2D eigenvalue weighted by Crippen LogP contribution is 2.38. The molecular weight excluding hydrogens is 470 g/mol. The number of imidazole rings is 1. The third kappa shape index (κ3) is 4.93. The van der Waals surface area contributed by atoms with E-state index >= 15 is 0 Å². The van der Waals surface area contributed by atoms with Crippen molar-refractivity contribution >= 4 is 11.2 Å². The van der Waals surface area contributed by atoms with E-state index in [4.69, 9.17) is 9.72 Å². The largest absolute Gasteiger partial charge is 0.493 e. The fourth-order valence-corrected chi connectivity index (χ4v) is 6.19. The highest BCUT2D eigenvalue weighted by atomic mass is 16.5. The van der Waals surface area contributed by atoms with Crippen LogP contribution in [0.2, 0.25) is 0 Å². The van der Waals surface area contributed by atoms with Crippen LogP contribution < -0.4 is 4.74 Å². The molecule has 0 radical (unpaired) electrons. The van der Waals surface area contributed by atoms with Gasteiger partial charge in [-0.3, -0.25) is 0 Å². The lowest BCUT2D eigenvalue weighted by Crippen LogP contribution is -2.27. The third-order valence-electron chi connectivity index (χ3n) is 8.66. The first kappa shape index (κ1) is 25.0. The van der Waals surface area contributed by atoms with Crippen LogP contribution in [0.3, 0.4) is 0 Å². The summed E-state index contributed by atoms with van der Waals surface area (Å²) in [6.45, 7) is 12.2. The number of pyridine rings is 1. The Kier molecular flexibility index (Phi) is 6.45. The lowest BCUT2D eigenvalue weighted by molar-refractivity contribution is 0.219. The summed E-state index contributed by atoms with van der Waals surface area (Å²) in [5, 5.41) is 0. The molecule has 2 atom stereocenters. The van der Waals surface area contributed by atoms with Gasteiger partial charge in [0.15, 0.2) is 5.65 Å². The number of H-pyrrole nitrogens is 1. The first-order valence-corrected chi connectivity index (χ1v) is 14.2. The van der Waals surface area contributed by atoms with Gasteiger partial charge >= 0.3 is 0 Å². The molecule has 3 aromatic heterocycles. The summed E-state index contributed by atoms with van der Waals surface area (Å²) in [5.41, 5.74) is 9.55. The van der Waals surface area contributed by atoms with E-state index in [2.05, 4.69) is 78.8 Å². The van der Waals surface area contributed by atoms with Crippen LogP contribution >= 0.6 is 0 Å². The SMILES string of the molecule is CC(C)c1nc2ncc(-c3ccc4c(c3)CC(C)C(Cc3ncnc5c3CC(C)(C)CC5)CCO4)cc2[nH]1. The average Bonchev–Trinajstić information content (AvgIpc) is 3.32.